The fourth-order valence-corrected chi connectivity index (χ4v) is 6.70. The van der Waals surface area contributed by atoms with Crippen molar-refractivity contribution >= 4 is 23.9 Å². The maximum Gasteiger partial charge on any atom is 0.303 e. The standard InChI is InChI=1S/C24H34O10/c1-11(25)29-16-17(30-12(2)26)19(32-14(4)28)21-20(18(16)31-13(3)27)33-24(34-21)10-15-8-9-23(24,7)22(15,5)6/h15-21H,8-10H2,1-7H3/t15-,16-,17-,18-,19+,20+,21-,23-,24?/m1/s1. The van der Waals surface area contributed by atoms with E-state index in [0.717, 1.165) is 12.8 Å². The van der Waals surface area contributed by atoms with Gasteiger partial charge in [-0.1, -0.05) is 20.8 Å². The van der Waals surface area contributed by atoms with Crippen molar-refractivity contribution in [3.8, 4) is 0 Å². The predicted octanol–water partition coefficient (Wildman–Crippen LogP) is 2.05. The van der Waals surface area contributed by atoms with Crippen LogP contribution < -0.4 is 0 Å². The highest BCUT2D eigenvalue weighted by Crippen LogP contribution is 2.73. The van der Waals surface area contributed by atoms with Crippen LogP contribution in [0.1, 0.15) is 67.7 Å². The first-order valence-electron chi connectivity index (χ1n) is 11.8. The maximum atomic E-state index is 12.1. The molecule has 0 aromatic heterocycles. The van der Waals surface area contributed by atoms with E-state index < -0.39 is 66.3 Å². The lowest BCUT2D eigenvalue weighted by molar-refractivity contribution is -0.258. The third kappa shape index (κ3) is 3.61. The van der Waals surface area contributed by atoms with Gasteiger partial charge in [-0.05, 0) is 24.2 Å². The number of carbonyl (C=O) groups excluding carboxylic acids is 4. The molecule has 1 saturated heterocycles. The van der Waals surface area contributed by atoms with Gasteiger partial charge in [0.15, 0.2) is 30.2 Å². The molecule has 190 valence electrons. The van der Waals surface area contributed by atoms with Gasteiger partial charge in [-0.3, -0.25) is 19.2 Å². The Bertz CT molecular complexity index is 846. The summed E-state index contributed by atoms with van der Waals surface area (Å²) in [5.74, 6) is -3.28. The van der Waals surface area contributed by atoms with E-state index >= 15 is 0 Å². The van der Waals surface area contributed by atoms with Crippen molar-refractivity contribution < 1.29 is 47.6 Å². The van der Waals surface area contributed by atoms with Crippen molar-refractivity contribution in [3.63, 3.8) is 0 Å². The highest BCUT2D eigenvalue weighted by molar-refractivity contribution is 5.69. The molecule has 1 spiro atoms. The highest BCUT2D eigenvalue weighted by atomic mass is 16.8. The van der Waals surface area contributed by atoms with Crippen LogP contribution in [0.15, 0.2) is 0 Å². The molecule has 3 saturated carbocycles. The fourth-order valence-electron chi connectivity index (χ4n) is 6.70. The molecule has 1 aliphatic heterocycles. The summed E-state index contributed by atoms with van der Waals surface area (Å²) >= 11 is 0. The predicted molar refractivity (Wildman–Crippen MR) is 114 cm³/mol. The fraction of sp³-hybridized carbons (Fsp3) is 0.833. The Morgan fingerprint density at radius 1 is 0.676 bits per heavy atom. The second-order valence-corrected chi connectivity index (χ2v) is 10.7. The Kier molecular flexibility index (Phi) is 6.00. The molecule has 10 nitrogen and oxygen atoms in total. The van der Waals surface area contributed by atoms with E-state index in [1.165, 1.54) is 27.7 Å². The Balaban J connectivity index is 1.81. The maximum absolute atomic E-state index is 12.1. The van der Waals surface area contributed by atoms with E-state index in [9.17, 15) is 19.2 Å². The smallest absolute Gasteiger partial charge is 0.303 e. The van der Waals surface area contributed by atoms with Crippen molar-refractivity contribution in [2.24, 2.45) is 16.7 Å². The Labute approximate surface area is 198 Å². The van der Waals surface area contributed by atoms with Crippen LogP contribution in [0, 0.1) is 16.7 Å². The lowest BCUT2D eigenvalue weighted by Crippen LogP contribution is -2.66. The molecule has 0 radical (unpaired) electrons. The van der Waals surface area contributed by atoms with Gasteiger partial charge in [-0.15, -0.1) is 0 Å². The molecule has 1 unspecified atom stereocenters. The first-order chi connectivity index (χ1) is 15.7. The van der Waals surface area contributed by atoms with Crippen LogP contribution in [0.25, 0.3) is 0 Å². The molecule has 3 aliphatic carbocycles. The van der Waals surface area contributed by atoms with Crippen LogP contribution >= 0.6 is 0 Å². The van der Waals surface area contributed by atoms with E-state index in [4.69, 9.17) is 28.4 Å². The zero-order chi connectivity index (χ0) is 25.2. The molecule has 0 aromatic carbocycles. The highest BCUT2D eigenvalue weighted by Gasteiger charge is 2.76. The van der Waals surface area contributed by atoms with Gasteiger partial charge in [-0.2, -0.15) is 0 Å². The summed E-state index contributed by atoms with van der Waals surface area (Å²) in [5, 5.41) is 0. The minimum Gasteiger partial charge on any atom is -0.456 e. The van der Waals surface area contributed by atoms with Gasteiger partial charge in [0, 0.05) is 39.5 Å². The van der Waals surface area contributed by atoms with Gasteiger partial charge < -0.3 is 28.4 Å². The first-order valence-corrected chi connectivity index (χ1v) is 11.8. The van der Waals surface area contributed by atoms with Crippen LogP contribution in [0.3, 0.4) is 0 Å². The average Bonchev–Trinajstić information content (AvgIpc) is 3.23. The molecule has 4 aliphatic rings. The lowest BCUT2D eigenvalue weighted by atomic mass is 9.68. The third-order valence-electron chi connectivity index (χ3n) is 8.60. The molecule has 9 atom stereocenters. The SMILES string of the molecule is CC(=O)O[C@@H]1[C@@H](OC(C)=O)[C@H](OC(C)=O)[C@H]2OC3(C[C@H]4CC[C@]3(C)C4(C)C)O[C@H]2[C@@H]1OC(C)=O. The zero-order valence-corrected chi connectivity index (χ0v) is 20.7. The number of esters is 4. The topological polar surface area (TPSA) is 124 Å². The van der Waals surface area contributed by atoms with E-state index in [1.807, 2.05) is 0 Å². The molecule has 0 amide bonds. The summed E-state index contributed by atoms with van der Waals surface area (Å²) in [7, 11) is 0. The zero-order valence-electron chi connectivity index (χ0n) is 20.7. The Morgan fingerprint density at radius 3 is 1.35 bits per heavy atom. The summed E-state index contributed by atoms with van der Waals surface area (Å²) in [6.07, 6.45) is -4.04. The lowest BCUT2D eigenvalue weighted by Gasteiger charge is -2.45. The van der Waals surface area contributed by atoms with Gasteiger partial charge in [0.2, 0.25) is 0 Å². The molecular formula is C24H34O10. The molecule has 4 rings (SSSR count). The van der Waals surface area contributed by atoms with Crippen LogP contribution in [0.5, 0.6) is 0 Å². The van der Waals surface area contributed by atoms with E-state index in [2.05, 4.69) is 20.8 Å². The Hall–Kier alpha value is -2.20. The molecule has 0 N–H and O–H groups in total. The van der Waals surface area contributed by atoms with Crippen molar-refractivity contribution in [2.45, 2.75) is 110 Å². The number of rotatable bonds is 4. The molecule has 0 aromatic rings. The normalized spacial score (nSPS) is 43.8. The third-order valence-corrected chi connectivity index (χ3v) is 8.60. The molecule has 4 fully saturated rings. The largest absolute Gasteiger partial charge is 0.456 e. The molecule has 10 heteroatoms. The second-order valence-electron chi connectivity index (χ2n) is 10.7. The number of ether oxygens (including phenoxy) is 6. The summed E-state index contributed by atoms with van der Waals surface area (Å²) in [6, 6.07) is 0. The minimum atomic E-state index is -1.26. The van der Waals surface area contributed by atoms with Gasteiger partial charge in [0.05, 0.1) is 0 Å². The first kappa shape index (κ1) is 24.9. The van der Waals surface area contributed by atoms with Crippen LogP contribution in [0.2, 0.25) is 0 Å². The monoisotopic (exact) mass is 482 g/mol. The van der Waals surface area contributed by atoms with Crippen LogP contribution in [-0.4, -0.2) is 66.3 Å². The molecule has 1 heterocycles. The molecule has 2 bridgehead atoms. The van der Waals surface area contributed by atoms with Crippen molar-refractivity contribution in [3.05, 3.63) is 0 Å². The van der Waals surface area contributed by atoms with Gasteiger partial charge >= 0.3 is 23.9 Å². The van der Waals surface area contributed by atoms with Gasteiger partial charge in [0.1, 0.15) is 12.2 Å². The average molecular weight is 483 g/mol. The van der Waals surface area contributed by atoms with E-state index in [0.29, 0.717) is 12.3 Å². The van der Waals surface area contributed by atoms with Gasteiger partial charge in [-0.25, -0.2) is 0 Å². The van der Waals surface area contributed by atoms with Crippen molar-refractivity contribution in [1.82, 2.24) is 0 Å². The van der Waals surface area contributed by atoms with E-state index in [1.54, 1.807) is 0 Å². The summed E-state index contributed by atoms with van der Waals surface area (Å²) in [5.41, 5.74) is -0.448. The molecular weight excluding hydrogens is 448 g/mol. The summed E-state index contributed by atoms with van der Waals surface area (Å²) in [4.78, 5) is 48.2. The number of carbonyl (C=O) groups is 4. The van der Waals surface area contributed by atoms with Crippen LogP contribution in [0.4, 0.5) is 0 Å². The van der Waals surface area contributed by atoms with Crippen molar-refractivity contribution in [1.29, 1.82) is 0 Å². The van der Waals surface area contributed by atoms with E-state index in [-0.39, 0.29) is 10.8 Å². The summed E-state index contributed by atoms with van der Waals surface area (Å²) < 4.78 is 35.5. The Morgan fingerprint density at radius 2 is 1.06 bits per heavy atom. The number of fused-ring (bicyclic) bond motifs is 4. The second kappa shape index (κ2) is 8.19. The number of hydrogen-bond donors (Lipinski definition) is 0. The molecule has 34 heavy (non-hydrogen) atoms. The minimum absolute atomic E-state index is 0.0844. The summed E-state index contributed by atoms with van der Waals surface area (Å²) in [6.45, 7) is 11.4. The van der Waals surface area contributed by atoms with Gasteiger partial charge in [0.25, 0.3) is 0 Å². The van der Waals surface area contributed by atoms with Crippen molar-refractivity contribution in [2.75, 3.05) is 0 Å². The quantitative estimate of drug-likeness (QED) is 0.434. The van der Waals surface area contributed by atoms with Crippen LogP contribution in [-0.2, 0) is 47.6 Å². The number of hydrogen-bond acceptors (Lipinski definition) is 10.